The first-order valence-electron chi connectivity index (χ1n) is 9.04. The van der Waals surface area contributed by atoms with Crippen molar-refractivity contribution in [3.63, 3.8) is 0 Å². The van der Waals surface area contributed by atoms with Crippen molar-refractivity contribution >= 4 is 21.9 Å². The molecule has 1 saturated heterocycles. The van der Waals surface area contributed by atoms with Gasteiger partial charge in [0.2, 0.25) is 10.0 Å². The van der Waals surface area contributed by atoms with Crippen molar-refractivity contribution in [1.29, 1.82) is 0 Å². The van der Waals surface area contributed by atoms with Crippen molar-refractivity contribution in [3.8, 4) is 5.75 Å². The van der Waals surface area contributed by atoms with Crippen molar-refractivity contribution in [1.82, 2.24) is 9.62 Å². The molecule has 2 fully saturated rings. The summed E-state index contributed by atoms with van der Waals surface area (Å²) in [5.74, 6) is -1.72. The van der Waals surface area contributed by atoms with Crippen LogP contribution < -0.4 is 9.46 Å². The minimum absolute atomic E-state index is 0.0725. The highest BCUT2D eigenvalue weighted by atomic mass is 32.2. The van der Waals surface area contributed by atoms with Gasteiger partial charge < -0.3 is 14.7 Å². The van der Waals surface area contributed by atoms with Gasteiger partial charge in [0.1, 0.15) is 10.6 Å². The maximum Gasteiger partial charge on any atom is 0.308 e. The van der Waals surface area contributed by atoms with Crippen molar-refractivity contribution in [2.24, 2.45) is 5.92 Å². The van der Waals surface area contributed by atoms with Crippen LogP contribution in [0.15, 0.2) is 23.1 Å². The van der Waals surface area contributed by atoms with Gasteiger partial charge in [-0.25, -0.2) is 13.1 Å². The van der Waals surface area contributed by atoms with E-state index < -0.39 is 21.9 Å². The van der Waals surface area contributed by atoms with E-state index in [4.69, 9.17) is 9.84 Å². The first-order valence-corrected chi connectivity index (χ1v) is 10.5. The standard InChI is InChI=1S/C18H24N2O6S/c1-26-15-7-6-12(17(21)20-9-8-13(11-20)18(22)23)10-16(15)27(24,25)19-14-4-2-3-5-14/h6-7,10,13-14,19H,2-5,8-9,11H2,1H3,(H,22,23). The highest BCUT2D eigenvalue weighted by Gasteiger charge is 2.32. The molecule has 1 aliphatic heterocycles. The summed E-state index contributed by atoms with van der Waals surface area (Å²) in [6, 6.07) is 4.17. The second-order valence-electron chi connectivity index (χ2n) is 7.04. The molecule has 1 unspecified atom stereocenters. The number of nitrogens with one attached hydrogen (secondary N) is 1. The second-order valence-corrected chi connectivity index (χ2v) is 8.73. The molecule has 1 aliphatic carbocycles. The molecule has 1 aromatic rings. The van der Waals surface area contributed by atoms with Crippen LogP contribution in [-0.4, -0.2) is 56.5 Å². The lowest BCUT2D eigenvalue weighted by molar-refractivity contribution is -0.141. The molecule has 1 aromatic carbocycles. The minimum Gasteiger partial charge on any atom is -0.495 e. The van der Waals surface area contributed by atoms with Gasteiger partial charge in [0.15, 0.2) is 0 Å². The third kappa shape index (κ3) is 4.24. The van der Waals surface area contributed by atoms with E-state index >= 15 is 0 Å². The Kier molecular flexibility index (Phi) is 5.71. The number of hydrogen-bond donors (Lipinski definition) is 2. The molecule has 1 saturated carbocycles. The maximum absolute atomic E-state index is 12.8. The smallest absolute Gasteiger partial charge is 0.308 e. The first kappa shape index (κ1) is 19.6. The number of amides is 1. The fourth-order valence-corrected chi connectivity index (χ4v) is 5.18. The van der Waals surface area contributed by atoms with Crippen LogP contribution in [0.2, 0.25) is 0 Å². The van der Waals surface area contributed by atoms with E-state index in [1.165, 1.54) is 30.2 Å². The summed E-state index contributed by atoms with van der Waals surface area (Å²) in [5.41, 5.74) is 0.202. The fourth-order valence-electron chi connectivity index (χ4n) is 3.68. The van der Waals surface area contributed by atoms with Crippen LogP contribution in [0, 0.1) is 5.92 Å². The van der Waals surface area contributed by atoms with Crippen LogP contribution in [0.4, 0.5) is 0 Å². The highest BCUT2D eigenvalue weighted by Crippen LogP contribution is 2.28. The molecule has 27 heavy (non-hydrogen) atoms. The van der Waals surface area contributed by atoms with Gasteiger partial charge in [-0.15, -0.1) is 0 Å². The SMILES string of the molecule is COc1ccc(C(=O)N2CCC(C(=O)O)C2)cc1S(=O)(=O)NC1CCCC1. The molecule has 9 heteroatoms. The number of carbonyl (C=O) groups excluding carboxylic acids is 1. The Bertz CT molecular complexity index is 832. The zero-order valence-electron chi connectivity index (χ0n) is 15.2. The summed E-state index contributed by atoms with van der Waals surface area (Å²) in [5, 5.41) is 9.10. The number of carboxylic acid groups (broad SMARTS) is 1. The van der Waals surface area contributed by atoms with Crippen molar-refractivity contribution in [2.75, 3.05) is 20.2 Å². The molecular formula is C18H24N2O6S. The van der Waals surface area contributed by atoms with Gasteiger partial charge in [0, 0.05) is 24.7 Å². The number of sulfonamides is 1. The molecule has 2 aliphatic rings. The largest absolute Gasteiger partial charge is 0.495 e. The lowest BCUT2D eigenvalue weighted by Gasteiger charge is -2.18. The van der Waals surface area contributed by atoms with E-state index in [1.807, 2.05) is 0 Å². The number of nitrogens with zero attached hydrogens (tertiary/aromatic N) is 1. The van der Waals surface area contributed by atoms with Crippen molar-refractivity contribution in [2.45, 2.75) is 43.0 Å². The van der Waals surface area contributed by atoms with E-state index in [9.17, 15) is 18.0 Å². The number of ether oxygens (including phenoxy) is 1. The average Bonchev–Trinajstić information content (AvgIpc) is 3.32. The van der Waals surface area contributed by atoms with Crippen LogP contribution in [0.1, 0.15) is 42.5 Å². The third-order valence-electron chi connectivity index (χ3n) is 5.20. The lowest BCUT2D eigenvalue weighted by Crippen LogP contribution is -2.33. The molecule has 0 aromatic heterocycles. The number of hydrogen-bond acceptors (Lipinski definition) is 5. The Morgan fingerprint density at radius 1 is 1.22 bits per heavy atom. The van der Waals surface area contributed by atoms with Crippen molar-refractivity contribution < 1.29 is 27.9 Å². The van der Waals surface area contributed by atoms with Gasteiger partial charge in [-0.05, 0) is 37.5 Å². The Balaban J connectivity index is 1.85. The zero-order valence-corrected chi connectivity index (χ0v) is 16.0. The Morgan fingerprint density at radius 2 is 1.93 bits per heavy atom. The normalized spacial score (nSPS) is 20.8. The minimum atomic E-state index is -3.83. The Labute approximate surface area is 158 Å². The summed E-state index contributed by atoms with van der Waals surface area (Å²) in [4.78, 5) is 25.2. The van der Waals surface area contributed by atoms with E-state index in [0.29, 0.717) is 13.0 Å². The molecule has 8 nitrogen and oxygen atoms in total. The van der Waals surface area contributed by atoms with E-state index in [-0.39, 0.29) is 34.7 Å². The summed E-state index contributed by atoms with van der Waals surface area (Å²) < 4.78 is 33.5. The topological polar surface area (TPSA) is 113 Å². The zero-order chi connectivity index (χ0) is 19.6. The van der Waals surface area contributed by atoms with Gasteiger partial charge in [-0.1, -0.05) is 12.8 Å². The van der Waals surface area contributed by atoms with Gasteiger partial charge in [-0.2, -0.15) is 0 Å². The number of aliphatic carboxylic acids is 1. The van der Waals surface area contributed by atoms with Crippen LogP contribution in [0.5, 0.6) is 5.75 Å². The van der Waals surface area contributed by atoms with E-state index in [0.717, 1.165) is 25.7 Å². The molecule has 1 heterocycles. The molecule has 1 amide bonds. The number of carboxylic acids is 1. The molecule has 148 valence electrons. The van der Waals surface area contributed by atoms with Crippen molar-refractivity contribution in [3.05, 3.63) is 23.8 Å². The van der Waals surface area contributed by atoms with Crippen LogP contribution in [0.3, 0.4) is 0 Å². The Hall–Kier alpha value is -2.13. The number of benzene rings is 1. The molecular weight excluding hydrogens is 372 g/mol. The van der Waals surface area contributed by atoms with Crippen LogP contribution >= 0.6 is 0 Å². The number of methoxy groups -OCH3 is 1. The monoisotopic (exact) mass is 396 g/mol. The number of carbonyl (C=O) groups is 2. The predicted molar refractivity (Wildman–Crippen MR) is 97.2 cm³/mol. The number of likely N-dealkylation sites (tertiary alicyclic amines) is 1. The van der Waals surface area contributed by atoms with Gasteiger partial charge >= 0.3 is 5.97 Å². The molecule has 0 radical (unpaired) electrons. The Morgan fingerprint density at radius 3 is 2.52 bits per heavy atom. The van der Waals surface area contributed by atoms with E-state index in [1.54, 1.807) is 0 Å². The highest BCUT2D eigenvalue weighted by molar-refractivity contribution is 7.89. The van der Waals surface area contributed by atoms with Gasteiger partial charge in [-0.3, -0.25) is 9.59 Å². The summed E-state index contributed by atoms with van der Waals surface area (Å²) in [6.45, 7) is 0.465. The van der Waals surface area contributed by atoms with Gasteiger partial charge in [0.25, 0.3) is 5.91 Å². The van der Waals surface area contributed by atoms with Crippen LogP contribution in [-0.2, 0) is 14.8 Å². The quantitative estimate of drug-likeness (QED) is 0.753. The van der Waals surface area contributed by atoms with E-state index in [2.05, 4.69) is 4.72 Å². The first-order chi connectivity index (χ1) is 12.8. The molecule has 0 bridgehead atoms. The molecule has 0 spiro atoms. The fraction of sp³-hybridized carbons (Fsp3) is 0.556. The predicted octanol–water partition coefficient (Wildman–Crippen LogP) is 1.46. The molecule has 1 atom stereocenters. The lowest BCUT2D eigenvalue weighted by atomic mass is 10.1. The number of rotatable bonds is 6. The van der Waals surface area contributed by atoms with Crippen LogP contribution in [0.25, 0.3) is 0 Å². The molecule has 2 N–H and O–H groups in total. The van der Waals surface area contributed by atoms with Gasteiger partial charge in [0.05, 0.1) is 13.0 Å². The third-order valence-corrected chi connectivity index (χ3v) is 6.74. The summed E-state index contributed by atoms with van der Waals surface area (Å²) in [7, 11) is -2.45. The summed E-state index contributed by atoms with van der Waals surface area (Å²) in [6.07, 6.45) is 3.96. The molecule has 3 rings (SSSR count). The average molecular weight is 396 g/mol. The second kappa shape index (κ2) is 7.85. The maximum atomic E-state index is 12.8. The summed E-state index contributed by atoms with van der Waals surface area (Å²) >= 11 is 0.